The fraction of sp³-hybridized carbons (Fsp3) is 0.375. The highest BCUT2D eigenvalue weighted by molar-refractivity contribution is 5.90. The van der Waals surface area contributed by atoms with Crippen LogP contribution in [0.4, 0.5) is 0 Å². The molecule has 2 heterocycles. The molecular weight excluding hydrogens is 284 g/mol. The Morgan fingerprint density at radius 2 is 1.95 bits per heavy atom. The Hall–Kier alpha value is -2.50. The normalized spacial score (nSPS) is 17.4. The lowest BCUT2D eigenvalue weighted by Gasteiger charge is -2.16. The number of benzene rings is 1. The second-order valence-electron chi connectivity index (χ2n) is 5.93. The van der Waals surface area contributed by atoms with Crippen molar-refractivity contribution in [2.75, 3.05) is 20.9 Å². The number of amides is 1. The summed E-state index contributed by atoms with van der Waals surface area (Å²) >= 11 is 0. The molecule has 1 saturated carbocycles. The standard InChI is InChI=1S/C16H16N2O4/c1-18(2)15(19)16(5-6-16)14-8-12(22-17-14)10-3-4-11-13(7-10)21-9-20-11/h3-4,7-8H,5-6,9H2,1-2H3. The van der Waals surface area contributed by atoms with Crippen LogP contribution in [0.15, 0.2) is 28.8 Å². The highest BCUT2D eigenvalue weighted by atomic mass is 16.7. The molecule has 0 N–H and O–H groups in total. The predicted molar refractivity (Wildman–Crippen MR) is 77.7 cm³/mol. The van der Waals surface area contributed by atoms with E-state index in [1.165, 1.54) is 0 Å². The second kappa shape index (κ2) is 4.50. The molecule has 1 aliphatic heterocycles. The molecule has 0 unspecified atom stereocenters. The minimum absolute atomic E-state index is 0.0815. The zero-order valence-electron chi connectivity index (χ0n) is 12.5. The quantitative estimate of drug-likeness (QED) is 0.869. The molecule has 0 atom stereocenters. The summed E-state index contributed by atoms with van der Waals surface area (Å²) in [5, 5.41) is 4.13. The molecule has 114 valence electrons. The van der Waals surface area contributed by atoms with Crippen LogP contribution in [0.3, 0.4) is 0 Å². The van der Waals surface area contributed by atoms with Crippen LogP contribution in [0, 0.1) is 0 Å². The van der Waals surface area contributed by atoms with Crippen LogP contribution in [0.2, 0.25) is 0 Å². The average molecular weight is 300 g/mol. The number of fused-ring (bicyclic) bond motifs is 1. The Kier molecular flexibility index (Phi) is 2.69. The van der Waals surface area contributed by atoms with Crippen molar-refractivity contribution in [3.05, 3.63) is 30.0 Å². The topological polar surface area (TPSA) is 64.8 Å². The summed E-state index contributed by atoms with van der Waals surface area (Å²) < 4.78 is 16.1. The van der Waals surface area contributed by atoms with Gasteiger partial charge in [-0.2, -0.15) is 0 Å². The summed E-state index contributed by atoms with van der Waals surface area (Å²) in [6.45, 7) is 0.237. The zero-order chi connectivity index (χ0) is 15.3. The predicted octanol–water partition coefficient (Wildman–Crippen LogP) is 2.19. The molecule has 4 rings (SSSR count). The van der Waals surface area contributed by atoms with E-state index in [0.29, 0.717) is 17.2 Å². The van der Waals surface area contributed by atoms with Crippen LogP contribution in [-0.4, -0.2) is 36.9 Å². The van der Waals surface area contributed by atoms with Crippen molar-refractivity contribution in [2.24, 2.45) is 0 Å². The number of rotatable bonds is 3. The van der Waals surface area contributed by atoms with Gasteiger partial charge in [-0.25, -0.2) is 0 Å². The SMILES string of the molecule is CN(C)C(=O)C1(c2cc(-c3ccc4c(c3)OCO4)on2)CC1. The molecule has 1 aliphatic carbocycles. The lowest BCUT2D eigenvalue weighted by molar-refractivity contribution is -0.131. The van der Waals surface area contributed by atoms with Gasteiger partial charge in [-0.3, -0.25) is 4.79 Å². The number of hydrogen-bond acceptors (Lipinski definition) is 5. The van der Waals surface area contributed by atoms with Crippen molar-refractivity contribution in [1.29, 1.82) is 0 Å². The Bertz CT molecular complexity index is 746. The summed E-state index contributed by atoms with van der Waals surface area (Å²) in [5.74, 6) is 2.13. The highest BCUT2D eigenvalue weighted by Gasteiger charge is 2.54. The van der Waals surface area contributed by atoms with Crippen molar-refractivity contribution in [3.8, 4) is 22.8 Å². The number of aromatic nitrogens is 1. The van der Waals surface area contributed by atoms with E-state index in [-0.39, 0.29) is 12.7 Å². The van der Waals surface area contributed by atoms with E-state index < -0.39 is 5.41 Å². The van der Waals surface area contributed by atoms with Crippen molar-refractivity contribution in [2.45, 2.75) is 18.3 Å². The molecule has 0 radical (unpaired) electrons. The Labute approximate surface area is 127 Å². The van der Waals surface area contributed by atoms with Gasteiger partial charge < -0.3 is 18.9 Å². The van der Waals surface area contributed by atoms with Gasteiger partial charge in [-0.15, -0.1) is 0 Å². The molecule has 1 aromatic carbocycles. The van der Waals surface area contributed by atoms with Gasteiger partial charge in [0.2, 0.25) is 12.7 Å². The molecule has 0 saturated heterocycles. The third kappa shape index (κ3) is 1.87. The average Bonchev–Trinajstić information content (AvgIpc) is 2.98. The largest absolute Gasteiger partial charge is 0.454 e. The van der Waals surface area contributed by atoms with E-state index in [2.05, 4.69) is 5.16 Å². The number of nitrogens with zero attached hydrogens (tertiary/aromatic N) is 2. The first kappa shape index (κ1) is 13.2. The molecule has 2 aliphatic rings. The summed E-state index contributed by atoms with van der Waals surface area (Å²) in [4.78, 5) is 13.9. The van der Waals surface area contributed by atoms with E-state index in [0.717, 1.165) is 24.2 Å². The second-order valence-corrected chi connectivity index (χ2v) is 5.93. The maximum absolute atomic E-state index is 12.3. The number of carbonyl (C=O) groups excluding carboxylic acids is 1. The lowest BCUT2D eigenvalue weighted by Crippen LogP contribution is -2.33. The molecule has 1 fully saturated rings. The van der Waals surface area contributed by atoms with Gasteiger partial charge in [-0.05, 0) is 31.0 Å². The summed E-state index contributed by atoms with van der Waals surface area (Å²) in [7, 11) is 3.53. The van der Waals surface area contributed by atoms with E-state index in [4.69, 9.17) is 14.0 Å². The van der Waals surface area contributed by atoms with Crippen LogP contribution < -0.4 is 9.47 Å². The van der Waals surface area contributed by atoms with Gasteiger partial charge in [0.05, 0.1) is 11.1 Å². The van der Waals surface area contributed by atoms with Gasteiger partial charge in [0, 0.05) is 25.7 Å². The molecule has 22 heavy (non-hydrogen) atoms. The van der Waals surface area contributed by atoms with Crippen LogP contribution in [0.5, 0.6) is 11.5 Å². The van der Waals surface area contributed by atoms with Crippen molar-refractivity contribution < 1.29 is 18.8 Å². The Morgan fingerprint density at radius 1 is 1.18 bits per heavy atom. The van der Waals surface area contributed by atoms with Crippen LogP contribution >= 0.6 is 0 Å². The first-order valence-electron chi connectivity index (χ1n) is 7.19. The fourth-order valence-corrected chi connectivity index (χ4v) is 2.82. The van der Waals surface area contributed by atoms with Gasteiger partial charge in [-0.1, -0.05) is 5.16 Å². The summed E-state index contributed by atoms with van der Waals surface area (Å²) in [5.41, 5.74) is 1.07. The first-order valence-corrected chi connectivity index (χ1v) is 7.19. The minimum atomic E-state index is -0.498. The van der Waals surface area contributed by atoms with Gasteiger partial charge in [0.15, 0.2) is 17.3 Å². The van der Waals surface area contributed by atoms with E-state index in [1.807, 2.05) is 24.3 Å². The van der Waals surface area contributed by atoms with Gasteiger partial charge in [0.1, 0.15) is 0 Å². The molecule has 0 bridgehead atoms. The van der Waals surface area contributed by atoms with Crippen molar-refractivity contribution in [1.82, 2.24) is 10.1 Å². The summed E-state index contributed by atoms with van der Waals surface area (Å²) in [6, 6.07) is 7.45. The Morgan fingerprint density at radius 3 is 2.68 bits per heavy atom. The molecule has 0 spiro atoms. The first-order chi connectivity index (χ1) is 10.6. The fourth-order valence-electron chi connectivity index (χ4n) is 2.82. The molecule has 2 aromatic rings. The van der Waals surface area contributed by atoms with Crippen LogP contribution in [-0.2, 0) is 10.2 Å². The zero-order valence-corrected chi connectivity index (χ0v) is 12.5. The van der Waals surface area contributed by atoms with Crippen molar-refractivity contribution in [3.63, 3.8) is 0 Å². The number of ether oxygens (including phenoxy) is 2. The van der Waals surface area contributed by atoms with Crippen molar-refractivity contribution >= 4 is 5.91 Å². The Balaban J connectivity index is 1.66. The maximum Gasteiger partial charge on any atom is 0.234 e. The number of carbonyl (C=O) groups is 1. The maximum atomic E-state index is 12.3. The molecule has 6 heteroatoms. The lowest BCUT2D eigenvalue weighted by atomic mass is 10.00. The third-order valence-corrected chi connectivity index (χ3v) is 4.22. The monoisotopic (exact) mass is 300 g/mol. The molecule has 6 nitrogen and oxygen atoms in total. The highest BCUT2D eigenvalue weighted by Crippen LogP contribution is 2.49. The van der Waals surface area contributed by atoms with Gasteiger partial charge >= 0.3 is 0 Å². The number of hydrogen-bond donors (Lipinski definition) is 0. The smallest absolute Gasteiger partial charge is 0.234 e. The minimum Gasteiger partial charge on any atom is -0.454 e. The third-order valence-electron chi connectivity index (χ3n) is 4.22. The molecular formula is C16H16N2O4. The van der Waals surface area contributed by atoms with Gasteiger partial charge in [0.25, 0.3) is 0 Å². The van der Waals surface area contributed by atoms with Crippen LogP contribution in [0.1, 0.15) is 18.5 Å². The van der Waals surface area contributed by atoms with E-state index >= 15 is 0 Å². The van der Waals surface area contributed by atoms with E-state index in [9.17, 15) is 4.79 Å². The molecule has 1 aromatic heterocycles. The van der Waals surface area contributed by atoms with E-state index in [1.54, 1.807) is 19.0 Å². The van der Waals surface area contributed by atoms with Crippen LogP contribution in [0.25, 0.3) is 11.3 Å². The summed E-state index contributed by atoms with van der Waals surface area (Å²) in [6.07, 6.45) is 1.63. The molecule has 1 amide bonds. The number of likely N-dealkylation sites (N-methyl/N-ethyl adjacent to an activating group) is 1.